The Morgan fingerprint density at radius 1 is 0.756 bits per heavy atom. The van der Waals surface area contributed by atoms with Crippen molar-refractivity contribution >= 4 is 30.0 Å². The molecule has 0 unspecified atom stereocenters. The van der Waals surface area contributed by atoms with E-state index in [9.17, 15) is 24.0 Å². The van der Waals surface area contributed by atoms with Gasteiger partial charge in [-0.15, -0.1) is 0 Å². The summed E-state index contributed by atoms with van der Waals surface area (Å²) in [5.74, 6) is -2.53. The van der Waals surface area contributed by atoms with Gasteiger partial charge < -0.3 is 29.0 Å². The van der Waals surface area contributed by atoms with E-state index in [1.807, 2.05) is 0 Å². The van der Waals surface area contributed by atoms with Crippen LogP contribution in [-0.4, -0.2) is 54.3 Å². The number of nitrogens with one attached hydrogen (secondary N) is 1. The van der Waals surface area contributed by atoms with Crippen LogP contribution in [0.25, 0.3) is 0 Å². The molecule has 0 spiro atoms. The van der Waals surface area contributed by atoms with Gasteiger partial charge in [-0.1, -0.05) is 24.3 Å². The molecule has 11 heteroatoms. The Balaban J connectivity index is 2.30. The molecule has 1 N–H and O–H groups in total. The van der Waals surface area contributed by atoms with E-state index in [1.54, 1.807) is 106 Å². The summed E-state index contributed by atoms with van der Waals surface area (Å²) in [6.07, 6.45) is -1.75. The molecule has 0 bridgehead atoms. The van der Waals surface area contributed by atoms with Crippen LogP contribution in [0.2, 0.25) is 0 Å². The van der Waals surface area contributed by atoms with Crippen molar-refractivity contribution in [3.8, 4) is 11.5 Å². The number of alkyl carbamates (subject to hydrolysis) is 1. The molecule has 246 valence electrons. The maximum atomic E-state index is 13.2. The average molecular weight is 628 g/mol. The van der Waals surface area contributed by atoms with E-state index < -0.39 is 58.5 Å². The highest BCUT2D eigenvalue weighted by molar-refractivity contribution is 5.89. The summed E-state index contributed by atoms with van der Waals surface area (Å²) in [5.41, 5.74) is -1.75. The number of amides is 1. The fourth-order valence-corrected chi connectivity index (χ4v) is 3.39. The molecule has 0 aromatic heterocycles. The predicted octanol–water partition coefficient (Wildman–Crippen LogP) is 5.81. The topological polar surface area (TPSA) is 144 Å². The Hall–Kier alpha value is -4.41. The van der Waals surface area contributed by atoms with Crippen LogP contribution in [0.3, 0.4) is 0 Å². The van der Waals surface area contributed by atoms with Gasteiger partial charge in [0.05, 0.1) is 16.4 Å². The SMILES string of the molecule is C[C@@H](COC(=O)[C@H](Cc1ccc(OC(=O)C(C)(C)C)c(OC(=O)C(C)(C)C)c1)NC(=O)OC(C)(C)C)OC(=O)c1ccccc1. The minimum absolute atomic E-state index is 0.0181. The van der Waals surface area contributed by atoms with Crippen molar-refractivity contribution in [2.24, 2.45) is 10.8 Å². The van der Waals surface area contributed by atoms with Crippen LogP contribution in [0.1, 0.15) is 85.2 Å². The second-order valence-electron chi connectivity index (χ2n) is 13.7. The van der Waals surface area contributed by atoms with Crippen LogP contribution in [0, 0.1) is 10.8 Å². The third-order valence-corrected chi connectivity index (χ3v) is 5.83. The number of benzene rings is 2. The highest BCUT2D eigenvalue weighted by atomic mass is 16.6. The lowest BCUT2D eigenvalue weighted by molar-refractivity contribution is -0.149. The zero-order valence-electron chi connectivity index (χ0n) is 27.8. The Morgan fingerprint density at radius 3 is 1.84 bits per heavy atom. The summed E-state index contributed by atoms with van der Waals surface area (Å²) < 4.78 is 27.3. The summed E-state index contributed by atoms with van der Waals surface area (Å²) in [5, 5.41) is 2.53. The van der Waals surface area contributed by atoms with E-state index in [-0.39, 0.29) is 24.5 Å². The van der Waals surface area contributed by atoms with Gasteiger partial charge in [0, 0.05) is 6.42 Å². The van der Waals surface area contributed by atoms with Crippen molar-refractivity contribution in [2.75, 3.05) is 6.61 Å². The van der Waals surface area contributed by atoms with Gasteiger partial charge >= 0.3 is 30.0 Å². The van der Waals surface area contributed by atoms with E-state index in [2.05, 4.69) is 5.32 Å². The van der Waals surface area contributed by atoms with Gasteiger partial charge in [0.2, 0.25) is 0 Å². The van der Waals surface area contributed by atoms with Gasteiger partial charge in [-0.25, -0.2) is 14.4 Å². The fourth-order valence-electron chi connectivity index (χ4n) is 3.39. The second-order valence-corrected chi connectivity index (χ2v) is 13.7. The number of ether oxygens (including phenoxy) is 5. The Kier molecular flexibility index (Phi) is 12.3. The quantitative estimate of drug-likeness (QED) is 0.195. The highest BCUT2D eigenvalue weighted by Gasteiger charge is 2.30. The van der Waals surface area contributed by atoms with Crippen molar-refractivity contribution in [3.05, 3.63) is 59.7 Å². The molecule has 45 heavy (non-hydrogen) atoms. The van der Waals surface area contributed by atoms with Crippen LogP contribution in [0.15, 0.2) is 48.5 Å². The van der Waals surface area contributed by atoms with Crippen LogP contribution >= 0.6 is 0 Å². The number of esters is 4. The molecule has 0 saturated heterocycles. The molecule has 2 aromatic carbocycles. The van der Waals surface area contributed by atoms with Crippen molar-refractivity contribution in [1.29, 1.82) is 0 Å². The number of hydrogen-bond acceptors (Lipinski definition) is 10. The maximum absolute atomic E-state index is 13.2. The average Bonchev–Trinajstić information content (AvgIpc) is 2.91. The maximum Gasteiger partial charge on any atom is 0.408 e. The van der Waals surface area contributed by atoms with E-state index in [4.69, 9.17) is 23.7 Å². The molecule has 11 nitrogen and oxygen atoms in total. The van der Waals surface area contributed by atoms with Gasteiger partial charge in [-0.05, 0) is 99.1 Å². The van der Waals surface area contributed by atoms with Gasteiger partial charge in [0.25, 0.3) is 0 Å². The molecule has 0 fully saturated rings. The smallest absolute Gasteiger partial charge is 0.408 e. The van der Waals surface area contributed by atoms with E-state index in [1.165, 1.54) is 12.1 Å². The van der Waals surface area contributed by atoms with Crippen LogP contribution in [0.5, 0.6) is 11.5 Å². The van der Waals surface area contributed by atoms with E-state index in [0.717, 1.165) is 0 Å². The van der Waals surface area contributed by atoms with Crippen molar-refractivity contribution < 1.29 is 47.7 Å². The summed E-state index contributed by atoms with van der Waals surface area (Å²) in [4.78, 5) is 63.6. The molecule has 2 aromatic rings. The summed E-state index contributed by atoms with van der Waals surface area (Å²) in [7, 11) is 0. The molecule has 1 amide bonds. The number of carbonyl (C=O) groups excluding carboxylic acids is 5. The first-order valence-corrected chi connectivity index (χ1v) is 14.7. The van der Waals surface area contributed by atoms with E-state index in [0.29, 0.717) is 11.1 Å². The zero-order valence-corrected chi connectivity index (χ0v) is 27.8. The third-order valence-electron chi connectivity index (χ3n) is 5.83. The lowest BCUT2D eigenvalue weighted by Crippen LogP contribution is -2.46. The first-order chi connectivity index (χ1) is 20.7. The monoisotopic (exact) mass is 627 g/mol. The van der Waals surface area contributed by atoms with Crippen molar-refractivity contribution in [2.45, 2.75) is 93.4 Å². The largest absolute Gasteiger partial charge is 0.460 e. The van der Waals surface area contributed by atoms with Crippen molar-refractivity contribution in [1.82, 2.24) is 5.32 Å². The molecule has 0 heterocycles. The van der Waals surface area contributed by atoms with Gasteiger partial charge in [0.1, 0.15) is 24.4 Å². The Bertz CT molecular complexity index is 1360. The van der Waals surface area contributed by atoms with Crippen molar-refractivity contribution in [3.63, 3.8) is 0 Å². The molecular weight excluding hydrogens is 582 g/mol. The first kappa shape index (κ1) is 36.8. The van der Waals surface area contributed by atoms with Gasteiger partial charge in [-0.3, -0.25) is 9.59 Å². The number of rotatable bonds is 10. The van der Waals surface area contributed by atoms with E-state index >= 15 is 0 Å². The lowest BCUT2D eigenvalue weighted by atomic mass is 9.97. The summed E-state index contributed by atoms with van der Waals surface area (Å²) >= 11 is 0. The molecule has 0 aliphatic rings. The first-order valence-electron chi connectivity index (χ1n) is 14.7. The molecule has 0 saturated carbocycles. The number of hydrogen-bond donors (Lipinski definition) is 1. The molecule has 2 rings (SSSR count). The third kappa shape index (κ3) is 12.6. The molecule has 0 aliphatic carbocycles. The minimum atomic E-state index is -1.24. The molecule has 0 radical (unpaired) electrons. The van der Waals surface area contributed by atoms with Crippen LogP contribution in [0.4, 0.5) is 4.79 Å². The summed E-state index contributed by atoms with van der Waals surface area (Å²) in [6.45, 7) is 16.4. The minimum Gasteiger partial charge on any atom is -0.460 e. The Morgan fingerprint density at radius 2 is 1.31 bits per heavy atom. The Labute approximate surface area is 264 Å². The van der Waals surface area contributed by atoms with Gasteiger partial charge in [0.15, 0.2) is 11.5 Å². The summed E-state index contributed by atoms with van der Waals surface area (Å²) in [6, 6.07) is 11.6. The molecule has 0 aliphatic heterocycles. The fraction of sp³-hybridized carbons (Fsp3) is 0.500. The predicted molar refractivity (Wildman–Crippen MR) is 166 cm³/mol. The standard InChI is InChI=1S/C34H45NO10/c1-21(42-27(36)23-14-12-11-13-15-23)20-41-28(37)24(35-31(40)45-34(8,9)10)18-22-16-17-25(43-29(38)32(2,3)4)26(19-22)44-30(39)33(5,6)7/h11-17,19,21,24H,18,20H2,1-10H3,(H,35,40)/t21-,24-/m0/s1. The van der Waals surface area contributed by atoms with Crippen LogP contribution in [-0.2, 0) is 35.0 Å². The second kappa shape index (κ2) is 15.0. The molecule has 2 atom stereocenters. The molecular formula is C34H45NO10. The van der Waals surface area contributed by atoms with Gasteiger partial charge in [-0.2, -0.15) is 0 Å². The number of carbonyl (C=O) groups is 5. The highest BCUT2D eigenvalue weighted by Crippen LogP contribution is 2.33. The van der Waals surface area contributed by atoms with Crippen LogP contribution < -0.4 is 14.8 Å². The zero-order chi connectivity index (χ0) is 34.2. The lowest BCUT2D eigenvalue weighted by Gasteiger charge is -2.24. The normalized spacial score (nSPS) is 13.1.